The number of nitrogens with zero attached hydrogens (tertiary/aromatic N) is 4. The summed E-state index contributed by atoms with van der Waals surface area (Å²) in [4.78, 5) is 51.3. The first-order valence-corrected chi connectivity index (χ1v) is 16.5. The number of benzene rings is 1. The fraction of sp³-hybridized carbons (Fsp3) is 0.629. The van der Waals surface area contributed by atoms with Crippen molar-refractivity contribution in [2.24, 2.45) is 17.8 Å². The van der Waals surface area contributed by atoms with Crippen molar-refractivity contribution in [3.63, 3.8) is 0 Å². The summed E-state index contributed by atoms with van der Waals surface area (Å²) in [5, 5.41) is 9.53. The van der Waals surface area contributed by atoms with Crippen LogP contribution in [0.3, 0.4) is 0 Å². The fourth-order valence-corrected chi connectivity index (χ4v) is 8.12. The molecule has 6 atom stereocenters. The van der Waals surface area contributed by atoms with Gasteiger partial charge in [0.25, 0.3) is 0 Å². The molecule has 4 aliphatic rings. The van der Waals surface area contributed by atoms with Gasteiger partial charge in [0.15, 0.2) is 0 Å². The first-order valence-electron chi connectivity index (χ1n) is 16.5. The Morgan fingerprint density at radius 2 is 1.73 bits per heavy atom. The Hall–Kier alpha value is -3.05. The van der Waals surface area contributed by atoms with Gasteiger partial charge in [0.05, 0.1) is 30.7 Å². The number of carbonyl (C=O) groups excluding carboxylic acids is 3. The number of amides is 3. The Labute approximate surface area is 267 Å². The van der Waals surface area contributed by atoms with E-state index in [-0.39, 0.29) is 30.2 Å². The van der Waals surface area contributed by atoms with Gasteiger partial charge in [0.2, 0.25) is 17.7 Å². The molecule has 1 aromatic carbocycles. The summed E-state index contributed by atoms with van der Waals surface area (Å²) in [5.41, 5.74) is -1.03. The summed E-state index contributed by atoms with van der Waals surface area (Å²) in [7, 11) is 0. The van der Waals surface area contributed by atoms with Crippen molar-refractivity contribution >= 4 is 17.7 Å². The van der Waals surface area contributed by atoms with Crippen LogP contribution in [0.25, 0.3) is 0 Å². The van der Waals surface area contributed by atoms with Crippen LogP contribution in [0.5, 0.6) is 0 Å². The van der Waals surface area contributed by atoms with Gasteiger partial charge in [-0.3, -0.25) is 19.3 Å². The first-order chi connectivity index (χ1) is 21.7. The minimum atomic E-state index is -1.12. The van der Waals surface area contributed by atoms with E-state index < -0.39 is 29.1 Å². The SMILES string of the molecule is C=CCN(CCN1CCOCC1)C(=O)C1N(CCCCO)C(=O)[C@@H]2[C@H](C(=O)N(CC=C)Cc3ccccc3)[C@@]3(C)OC12CC3C. The molecule has 3 unspecified atom stereocenters. The lowest BCUT2D eigenvalue weighted by Crippen LogP contribution is -2.57. The molecule has 0 aromatic heterocycles. The molecule has 2 bridgehead atoms. The minimum Gasteiger partial charge on any atom is -0.396 e. The molecule has 45 heavy (non-hydrogen) atoms. The summed E-state index contributed by atoms with van der Waals surface area (Å²) in [6, 6.07) is 8.93. The molecule has 4 aliphatic heterocycles. The Kier molecular flexibility index (Phi) is 10.5. The maximum Gasteiger partial charge on any atom is 0.248 e. The molecular formula is C35H50N4O6. The molecule has 0 radical (unpaired) electrons. The average Bonchev–Trinajstić information content (AvgIpc) is 3.55. The second-order valence-electron chi connectivity index (χ2n) is 13.2. The molecule has 0 aliphatic carbocycles. The predicted molar refractivity (Wildman–Crippen MR) is 171 cm³/mol. The highest BCUT2D eigenvalue weighted by molar-refractivity contribution is 5.99. The number of aliphatic hydroxyl groups excluding tert-OH is 1. The summed E-state index contributed by atoms with van der Waals surface area (Å²) < 4.78 is 12.5. The fourth-order valence-electron chi connectivity index (χ4n) is 8.12. The summed E-state index contributed by atoms with van der Waals surface area (Å²) in [6.45, 7) is 17.4. The van der Waals surface area contributed by atoms with Crippen molar-refractivity contribution in [2.75, 3.05) is 65.6 Å². The number of aliphatic hydroxyl groups is 1. The molecule has 5 rings (SSSR count). The Morgan fingerprint density at radius 3 is 2.40 bits per heavy atom. The van der Waals surface area contributed by atoms with Gasteiger partial charge in [-0.1, -0.05) is 49.4 Å². The lowest BCUT2D eigenvalue weighted by atomic mass is 9.62. The van der Waals surface area contributed by atoms with Crippen LogP contribution < -0.4 is 0 Å². The van der Waals surface area contributed by atoms with Crippen LogP contribution in [0.2, 0.25) is 0 Å². The topological polar surface area (TPSA) is 103 Å². The standard InChI is InChI=1S/C35H50N4O6/c1-5-14-37(18-17-36-19-22-44-23-20-36)33(43)30-35-24-26(3)34(4,45-35)28(29(35)32(42)39(30)16-10-11-21-40)31(41)38(15-6-2)25-27-12-8-7-9-13-27/h5-9,12-13,26,28-30,40H,1-2,10-11,14-25H2,3-4H3/t26?,28-,29+,30?,34+,35?/m1/s1. The third kappa shape index (κ3) is 6.22. The van der Waals surface area contributed by atoms with E-state index in [0.717, 1.165) is 18.7 Å². The van der Waals surface area contributed by atoms with Crippen molar-refractivity contribution in [1.29, 1.82) is 0 Å². The molecule has 4 saturated heterocycles. The van der Waals surface area contributed by atoms with Crippen molar-refractivity contribution in [3.05, 3.63) is 61.2 Å². The first kappa shape index (κ1) is 33.3. The number of fused-ring (bicyclic) bond motifs is 1. The smallest absolute Gasteiger partial charge is 0.248 e. The lowest BCUT2D eigenvalue weighted by Gasteiger charge is -2.39. The van der Waals surface area contributed by atoms with E-state index >= 15 is 0 Å². The zero-order valence-electron chi connectivity index (χ0n) is 26.9. The number of unbranched alkanes of at least 4 members (excludes halogenated alkanes) is 1. The number of hydrogen-bond acceptors (Lipinski definition) is 7. The van der Waals surface area contributed by atoms with Crippen LogP contribution in [0.4, 0.5) is 0 Å². The van der Waals surface area contributed by atoms with Crippen molar-refractivity contribution in [3.8, 4) is 0 Å². The molecule has 1 spiro atoms. The molecule has 3 amide bonds. The van der Waals surface area contributed by atoms with Gasteiger partial charge in [-0.2, -0.15) is 0 Å². The van der Waals surface area contributed by atoms with Gasteiger partial charge in [-0.15, -0.1) is 13.2 Å². The van der Waals surface area contributed by atoms with Gasteiger partial charge < -0.3 is 29.3 Å². The number of carbonyl (C=O) groups is 3. The molecule has 1 aromatic rings. The van der Waals surface area contributed by atoms with E-state index in [0.29, 0.717) is 71.7 Å². The van der Waals surface area contributed by atoms with Crippen LogP contribution in [0.1, 0.15) is 38.7 Å². The monoisotopic (exact) mass is 622 g/mol. The van der Waals surface area contributed by atoms with Gasteiger partial charge in [-0.05, 0) is 37.7 Å². The summed E-state index contributed by atoms with van der Waals surface area (Å²) in [5.74, 6) is -2.08. The molecule has 4 heterocycles. The van der Waals surface area contributed by atoms with Crippen LogP contribution in [-0.2, 0) is 30.4 Å². The zero-order chi connectivity index (χ0) is 32.2. The number of likely N-dealkylation sites (tertiary alicyclic amines) is 1. The minimum absolute atomic E-state index is 0.0000679. The van der Waals surface area contributed by atoms with Gasteiger partial charge >= 0.3 is 0 Å². The third-order valence-electron chi connectivity index (χ3n) is 10.5. The average molecular weight is 623 g/mol. The van der Waals surface area contributed by atoms with E-state index in [1.807, 2.05) is 37.3 Å². The largest absolute Gasteiger partial charge is 0.396 e. The van der Waals surface area contributed by atoms with Crippen LogP contribution in [0, 0.1) is 17.8 Å². The second-order valence-corrected chi connectivity index (χ2v) is 13.2. The maximum absolute atomic E-state index is 14.7. The normalized spacial score (nSPS) is 30.7. The molecule has 0 saturated carbocycles. The zero-order valence-corrected chi connectivity index (χ0v) is 26.9. The van der Waals surface area contributed by atoms with Crippen molar-refractivity contribution in [2.45, 2.75) is 56.9 Å². The molecule has 10 nitrogen and oxygen atoms in total. The van der Waals surface area contributed by atoms with Crippen molar-refractivity contribution in [1.82, 2.24) is 19.6 Å². The van der Waals surface area contributed by atoms with Crippen LogP contribution >= 0.6 is 0 Å². The number of ether oxygens (including phenoxy) is 2. The molecule has 1 N–H and O–H groups in total. The molecule has 246 valence electrons. The Morgan fingerprint density at radius 1 is 1.04 bits per heavy atom. The quantitative estimate of drug-likeness (QED) is 0.237. The lowest BCUT2D eigenvalue weighted by molar-refractivity contribution is -0.155. The number of morpholine rings is 1. The second kappa shape index (κ2) is 14.2. The van der Waals surface area contributed by atoms with Crippen LogP contribution in [-0.4, -0.2) is 125 Å². The van der Waals surface area contributed by atoms with Gasteiger partial charge in [0.1, 0.15) is 11.6 Å². The summed E-state index contributed by atoms with van der Waals surface area (Å²) in [6.07, 6.45) is 5.01. The number of rotatable bonds is 15. The highest BCUT2D eigenvalue weighted by Crippen LogP contribution is 2.65. The van der Waals surface area contributed by atoms with E-state index in [1.54, 1.807) is 26.9 Å². The van der Waals surface area contributed by atoms with Crippen molar-refractivity contribution < 1.29 is 29.0 Å². The third-order valence-corrected chi connectivity index (χ3v) is 10.5. The number of hydrogen-bond donors (Lipinski definition) is 1. The van der Waals surface area contributed by atoms with Crippen LogP contribution in [0.15, 0.2) is 55.6 Å². The molecule has 4 fully saturated rings. The van der Waals surface area contributed by atoms with E-state index in [1.165, 1.54) is 0 Å². The van der Waals surface area contributed by atoms with E-state index in [2.05, 4.69) is 25.0 Å². The maximum atomic E-state index is 14.7. The highest BCUT2D eigenvalue weighted by atomic mass is 16.5. The molecular weight excluding hydrogens is 572 g/mol. The highest BCUT2D eigenvalue weighted by Gasteiger charge is 2.80. The summed E-state index contributed by atoms with van der Waals surface area (Å²) >= 11 is 0. The predicted octanol–water partition coefficient (Wildman–Crippen LogP) is 2.33. The van der Waals surface area contributed by atoms with E-state index in [4.69, 9.17) is 9.47 Å². The Balaban J connectivity index is 1.49. The molecule has 10 heteroatoms. The van der Waals surface area contributed by atoms with Gasteiger partial charge in [0, 0.05) is 59.0 Å². The Bertz CT molecular complexity index is 1240. The van der Waals surface area contributed by atoms with E-state index in [9.17, 15) is 19.5 Å². The van der Waals surface area contributed by atoms with Gasteiger partial charge in [-0.25, -0.2) is 0 Å².